The van der Waals surface area contributed by atoms with Gasteiger partial charge in [-0.2, -0.15) is 0 Å². The minimum absolute atomic E-state index is 0.260. The third-order valence-electron chi connectivity index (χ3n) is 3.30. The molecule has 1 aromatic carbocycles. The number of hydrogen-bond acceptors (Lipinski definition) is 4. The molecule has 1 unspecified atom stereocenters. The average molecular weight is 344 g/mol. The smallest absolute Gasteiger partial charge is 0.320 e. The maximum absolute atomic E-state index is 11.0. The lowest BCUT2D eigenvalue weighted by Gasteiger charge is -2.19. The van der Waals surface area contributed by atoms with E-state index in [0.29, 0.717) is 19.0 Å². The Morgan fingerprint density at radius 3 is 2.80 bits per heavy atom. The van der Waals surface area contributed by atoms with Crippen molar-refractivity contribution in [1.29, 1.82) is 0 Å². The third-order valence-corrected chi connectivity index (χ3v) is 4.00. The first kappa shape index (κ1) is 15.1. The van der Waals surface area contributed by atoms with Crippen molar-refractivity contribution in [3.63, 3.8) is 0 Å². The summed E-state index contributed by atoms with van der Waals surface area (Å²) in [5.74, 6) is 0.422. The van der Waals surface area contributed by atoms with Crippen LogP contribution in [0.2, 0.25) is 0 Å². The first-order valence-corrected chi connectivity index (χ1v) is 7.42. The van der Waals surface area contributed by atoms with E-state index >= 15 is 0 Å². The fourth-order valence-corrected chi connectivity index (χ4v) is 2.89. The van der Waals surface area contributed by atoms with Crippen LogP contribution in [0.4, 0.5) is 0 Å². The maximum atomic E-state index is 11.0. The Kier molecular flexibility index (Phi) is 4.88. The zero-order valence-corrected chi connectivity index (χ0v) is 12.9. The van der Waals surface area contributed by atoms with Crippen LogP contribution in [0.1, 0.15) is 24.5 Å². The van der Waals surface area contributed by atoms with Crippen LogP contribution in [0.3, 0.4) is 0 Å². The number of halogens is 1. The SMILES string of the molecule is CCc1c(CC(N)C(=O)O)c(Br)cc2c1OCCCO2. The van der Waals surface area contributed by atoms with Gasteiger partial charge in [0.1, 0.15) is 6.04 Å². The van der Waals surface area contributed by atoms with Gasteiger partial charge in [0.2, 0.25) is 0 Å². The molecule has 0 saturated carbocycles. The summed E-state index contributed by atoms with van der Waals surface area (Å²) in [6.07, 6.45) is 1.82. The highest BCUT2D eigenvalue weighted by Gasteiger charge is 2.23. The van der Waals surface area contributed by atoms with Gasteiger partial charge in [-0.25, -0.2) is 0 Å². The Morgan fingerprint density at radius 1 is 1.45 bits per heavy atom. The molecule has 0 saturated heterocycles. The number of fused-ring (bicyclic) bond motifs is 1. The van der Waals surface area contributed by atoms with E-state index in [0.717, 1.165) is 34.2 Å². The van der Waals surface area contributed by atoms with Gasteiger partial charge in [0.25, 0.3) is 0 Å². The molecule has 0 spiro atoms. The van der Waals surface area contributed by atoms with Crippen molar-refractivity contribution in [3.05, 3.63) is 21.7 Å². The highest BCUT2D eigenvalue weighted by atomic mass is 79.9. The van der Waals surface area contributed by atoms with E-state index in [1.54, 1.807) is 0 Å². The molecule has 1 aliphatic heterocycles. The Labute approximate surface area is 126 Å². The van der Waals surface area contributed by atoms with Crippen molar-refractivity contribution >= 4 is 21.9 Å². The predicted molar refractivity (Wildman–Crippen MR) is 78.4 cm³/mol. The highest BCUT2D eigenvalue weighted by molar-refractivity contribution is 9.10. The molecule has 1 atom stereocenters. The Balaban J connectivity index is 2.45. The number of carbonyl (C=O) groups is 1. The first-order chi connectivity index (χ1) is 9.54. The fraction of sp³-hybridized carbons (Fsp3) is 0.500. The molecule has 0 radical (unpaired) electrons. The van der Waals surface area contributed by atoms with Gasteiger partial charge in [0.05, 0.1) is 13.2 Å². The lowest BCUT2D eigenvalue weighted by atomic mass is 9.97. The number of carboxylic acid groups (broad SMARTS) is 1. The van der Waals surface area contributed by atoms with Gasteiger partial charge < -0.3 is 20.3 Å². The summed E-state index contributed by atoms with van der Waals surface area (Å²) in [7, 11) is 0. The van der Waals surface area contributed by atoms with Crippen LogP contribution in [0.25, 0.3) is 0 Å². The molecule has 3 N–H and O–H groups in total. The molecule has 1 aromatic rings. The minimum Gasteiger partial charge on any atom is -0.490 e. The topological polar surface area (TPSA) is 81.8 Å². The molecule has 0 amide bonds. The second-order valence-corrected chi connectivity index (χ2v) is 5.55. The normalized spacial score (nSPS) is 15.6. The molecule has 20 heavy (non-hydrogen) atoms. The van der Waals surface area contributed by atoms with E-state index in [1.165, 1.54) is 0 Å². The number of rotatable bonds is 4. The maximum Gasteiger partial charge on any atom is 0.320 e. The zero-order valence-electron chi connectivity index (χ0n) is 11.3. The Hall–Kier alpha value is -1.27. The molecule has 1 heterocycles. The molecule has 2 rings (SSSR count). The third kappa shape index (κ3) is 3.07. The molecule has 1 aliphatic rings. The van der Waals surface area contributed by atoms with Crippen LogP contribution in [-0.4, -0.2) is 30.3 Å². The quantitative estimate of drug-likeness (QED) is 0.875. The number of aliphatic carboxylic acids is 1. The lowest BCUT2D eigenvalue weighted by Crippen LogP contribution is -2.32. The van der Waals surface area contributed by atoms with E-state index in [-0.39, 0.29) is 6.42 Å². The van der Waals surface area contributed by atoms with Crippen LogP contribution in [0.15, 0.2) is 10.5 Å². The molecule has 5 nitrogen and oxygen atoms in total. The van der Waals surface area contributed by atoms with Crippen LogP contribution in [-0.2, 0) is 17.6 Å². The summed E-state index contributed by atoms with van der Waals surface area (Å²) >= 11 is 3.49. The van der Waals surface area contributed by atoms with E-state index in [9.17, 15) is 4.79 Å². The van der Waals surface area contributed by atoms with Crippen LogP contribution in [0, 0.1) is 0 Å². The average Bonchev–Trinajstić information content (AvgIpc) is 2.64. The van der Waals surface area contributed by atoms with Crippen LogP contribution >= 0.6 is 15.9 Å². The highest BCUT2D eigenvalue weighted by Crippen LogP contribution is 2.40. The summed E-state index contributed by atoms with van der Waals surface area (Å²) in [5.41, 5.74) is 7.50. The summed E-state index contributed by atoms with van der Waals surface area (Å²) in [4.78, 5) is 11.0. The van der Waals surface area contributed by atoms with Crippen LogP contribution < -0.4 is 15.2 Å². The van der Waals surface area contributed by atoms with Gasteiger partial charge in [-0.3, -0.25) is 4.79 Å². The van der Waals surface area contributed by atoms with Gasteiger partial charge in [-0.05, 0) is 24.5 Å². The monoisotopic (exact) mass is 343 g/mol. The van der Waals surface area contributed by atoms with Crippen molar-refractivity contribution in [1.82, 2.24) is 0 Å². The molecular weight excluding hydrogens is 326 g/mol. The number of benzene rings is 1. The molecule has 0 aromatic heterocycles. The van der Waals surface area contributed by atoms with E-state index in [2.05, 4.69) is 15.9 Å². The second kappa shape index (κ2) is 6.45. The molecule has 110 valence electrons. The molecule has 0 bridgehead atoms. The van der Waals surface area contributed by atoms with Crippen molar-refractivity contribution in [2.24, 2.45) is 5.73 Å². The summed E-state index contributed by atoms with van der Waals surface area (Å²) < 4.78 is 12.3. The summed E-state index contributed by atoms with van der Waals surface area (Å²) in [6, 6.07) is 0.908. The lowest BCUT2D eigenvalue weighted by molar-refractivity contribution is -0.138. The molecule has 0 fully saturated rings. The van der Waals surface area contributed by atoms with E-state index in [1.807, 2.05) is 13.0 Å². The van der Waals surface area contributed by atoms with E-state index in [4.69, 9.17) is 20.3 Å². The zero-order chi connectivity index (χ0) is 14.7. The summed E-state index contributed by atoms with van der Waals surface area (Å²) in [6.45, 7) is 3.23. The van der Waals surface area contributed by atoms with Crippen LogP contribution in [0.5, 0.6) is 11.5 Å². The van der Waals surface area contributed by atoms with E-state index < -0.39 is 12.0 Å². The van der Waals surface area contributed by atoms with Crippen molar-refractivity contribution in [3.8, 4) is 11.5 Å². The fourth-order valence-electron chi connectivity index (χ4n) is 2.28. The van der Waals surface area contributed by atoms with Gasteiger partial charge in [-0.1, -0.05) is 22.9 Å². The molecule has 0 aliphatic carbocycles. The predicted octanol–water partition coefficient (Wildman–Crippen LogP) is 2.13. The number of nitrogens with two attached hydrogens (primary N) is 1. The molecule has 6 heteroatoms. The Bertz CT molecular complexity index is 518. The minimum atomic E-state index is -1.01. The van der Waals surface area contributed by atoms with Crippen molar-refractivity contribution in [2.45, 2.75) is 32.2 Å². The van der Waals surface area contributed by atoms with Gasteiger partial charge in [0, 0.05) is 16.5 Å². The standard InChI is InChI=1S/C14H18BrNO4/c1-2-8-9(6-11(16)14(17)18)10(15)7-12-13(8)20-5-3-4-19-12/h7,11H,2-6,16H2,1H3,(H,17,18). The number of ether oxygens (including phenoxy) is 2. The number of hydrogen-bond donors (Lipinski definition) is 2. The first-order valence-electron chi connectivity index (χ1n) is 6.62. The number of carboxylic acids is 1. The largest absolute Gasteiger partial charge is 0.490 e. The van der Waals surface area contributed by atoms with Gasteiger partial charge >= 0.3 is 5.97 Å². The van der Waals surface area contributed by atoms with Gasteiger partial charge in [-0.15, -0.1) is 0 Å². The summed E-state index contributed by atoms with van der Waals surface area (Å²) in [5, 5.41) is 8.98. The van der Waals surface area contributed by atoms with Crippen molar-refractivity contribution in [2.75, 3.05) is 13.2 Å². The van der Waals surface area contributed by atoms with Crippen molar-refractivity contribution < 1.29 is 19.4 Å². The van der Waals surface area contributed by atoms with Gasteiger partial charge in [0.15, 0.2) is 11.5 Å². The second-order valence-electron chi connectivity index (χ2n) is 4.70. The Morgan fingerprint density at radius 2 is 2.15 bits per heavy atom. The molecular formula is C14H18BrNO4.